The fourth-order valence-electron chi connectivity index (χ4n) is 4.16. The smallest absolute Gasteiger partial charge is 0.320 e. The molecular formula is C22H24N2O5S. The number of hydrogen-bond donors (Lipinski definition) is 1. The first-order valence-electron chi connectivity index (χ1n) is 9.72. The van der Waals surface area contributed by atoms with Crippen LogP contribution >= 0.6 is 11.3 Å². The molecule has 1 aromatic heterocycles. The molecule has 2 aromatic carbocycles. The zero-order valence-electron chi connectivity index (χ0n) is 17.1. The van der Waals surface area contributed by atoms with Gasteiger partial charge in [-0.1, -0.05) is 12.1 Å². The van der Waals surface area contributed by atoms with Crippen LogP contribution in [0.15, 0.2) is 36.4 Å². The third kappa shape index (κ3) is 3.46. The fourth-order valence-corrected chi connectivity index (χ4v) is 5.27. The lowest BCUT2D eigenvalue weighted by Gasteiger charge is -2.31. The van der Waals surface area contributed by atoms with E-state index in [9.17, 15) is 9.90 Å². The highest BCUT2D eigenvalue weighted by molar-refractivity contribution is 7.18. The number of likely N-dealkylation sites (tertiary alicyclic amines) is 1. The number of aliphatic carboxylic acids is 1. The molecule has 1 saturated heterocycles. The monoisotopic (exact) mass is 428 g/mol. The Morgan fingerprint density at radius 1 is 1.13 bits per heavy atom. The van der Waals surface area contributed by atoms with Crippen molar-refractivity contribution in [3.63, 3.8) is 0 Å². The van der Waals surface area contributed by atoms with Crippen molar-refractivity contribution in [1.82, 2.24) is 9.88 Å². The highest BCUT2D eigenvalue weighted by Crippen LogP contribution is 2.47. The summed E-state index contributed by atoms with van der Waals surface area (Å²) >= 11 is 1.57. The summed E-state index contributed by atoms with van der Waals surface area (Å²) in [6, 6.07) is 10.7. The Morgan fingerprint density at radius 3 is 2.57 bits per heavy atom. The van der Waals surface area contributed by atoms with Gasteiger partial charge in [0, 0.05) is 12.1 Å². The molecular weight excluding hydrogens is 404 g/mol. The minimum atomic E-state index is -0.821. The van der Waals surface area contributed by atoms with E-state index in [4.69, 9.17) is 19.2 Å². The molecule has 0 bridgehead atoms. The standard InChI is InChI=1S/C22H24N2O5S/c1-27-16-11-10-13(19(28-2)20(16)29-3)18(24-12-6-8-15(24)22(25)26)21-23-14-7-4-5-9-17(14)30-21/h4-5,7,9-11,15,18H,6,8,12H2,1-3H3,(H,25,26). The maximum Gasteiger partial charge on any atom is 0.320 e. The molecule has 158 valence electrons. The third-order valence-corrected chi connectivity index (χ3v) is 6.57. The van der Waals surface area contributed by atoms with Crippen molar-refractivity contribution >= 4 is 27.5 Å². The first-order valence-corrected chi connectivity index (χ1v) is 10.5. The van der Waals surface area contributed by atoms with Gasteiger partial charge in [-0.15, -0.1) is 11.3 Å². The van der Waals surface area contributed by atoms with Crippen LogP contribution in [0.25, 0.3) is 10.2 Å². The van der Waals surface area contributed by atoms with Crippen molar-refractivity contribution in [3.8, 4) is 17.2 Å². The molecule has 0 spiro atoms. The second kappa shape index (κ2) is 8.49. The maximum atomic E-state index is 12.0. The van der Waals surface area contributed by atoms with Crippen LogP contribution in [0.2, 0.25) is 0 Å². The molecule has 1 aliphatic heterocycles. The van der Waals surface area contributed by atoms with Crippen molar-refractivity contribution in [1.29, 1.82) is 0 Å². The average Bonchev–Trinajstić information content (AvgIpc) is 3.40. The predicted molar refractivity (Wildman–Crippen MR) is 115 cm³/mol. The molecule has 0 saturated carbocycles. The molecule has 2 heterocycles. The molecule has 0 radical (unpaired) electrons. The summed E-state index contributed by atoms with van der Waals surface area (Å²) < 4.78 is 17.8. The molecule has 0 aliphatic carbocycles. The Bertz CT molecular complexity index is 1030. The van der Waals surface area contributed by atoms with Gasteiger partial charge in [-0.3, -0.25) is 9.69 Å². The molecule has 1 fully saturated rings. The van der Waals surface area contributed by atoms with Crippen molar-refractivity contribution in [2.75, 3.05) is 27.9 Å². The van der Waals surface area contributed by atoms with E-state index in [2.05, 4.69) is 0 Å². The summed E-state index contributed by atoms with van der Waals surface area (Å²) in [5.74, 6) is 0.738. The quantitative estimate of drug-likeness (QED) is 0.610. The van der Waals surface area contributed by atoms with E-state index in [0.29, 0.717) is 30.2 Å². The zero-order valence-corrected chi connectivity index (χ0v) is 17.9. The summed E-state index contributed by atoms with van der Waals surface area (Å²) in [4.78, 5) is 18.9. The van der Waals surface area contributed by atoms with Crippen LogP contribution in [0.3, 0.4) is 0 Å². The van der Waals surface area contributed by atoms with Crippen LogP contribution in [0.5, 0.6) is 17.2 Å². The van der Waals surface area contributed by atoms with Gasteiger partial charge in [0.25, 0.3) is 0 Å². The summed E-state index contributed by atoms with van der Waals surface area (Å²) in [7, 11) is 4.71. The Hall–Kier alpha value is -2.84. The number of benzene rings is 2. The minimum absolute atomic E-state index is 0.374. The number of methoxy groups -OCH3 is 3. The van der Waals surface area contributed by atoms with Crippen molar-refractivity contribution in [3.05, 3.63) is 47.0 Å². The summed E-state index contributed by atoms with van der Waals surface area (Å²) in [5, 5.41) is 10.7. The van der Waals surface area contributed by atoms with Gasteiger partial charge in [0.2, 0.25) is 5.75 Å². The number of hydrogen-bond acceptors (Lipinski definition) is 7. The molecule has 8 heteroatoms. The lowest BCUT2D eigenvalue weighted by Crippen LogP contribution is -2.39. The van der Waals surface area contributed by atoms with Gasteiger partial charge >= 0.3 is 5.97 Å². The van der Waals surface area contributed by atoms with Crippen LogP contribution in [-0.2, 0) is 4.79 Å². The number of carboxylic acids is 1. The molecule has 1 N–H and O–H groups in total. The van der Waals surface area contributed by atoms with Gasteiger partial charge in [-0.05, 0) is 37.1 Å². The normalized spacial score (nSPS) is 17.8. The molecule has 7 nitrogen and oxygen atoms in total. The topological polar surface area (TPSA) is 81.1 Å². The number of carbonyl (C=O) groups is 1. The molecule has 0 amide bonds. The Balaban J connectivity index is 1.93. The van der Waals surface area contributed by atoms with Crippen LogP contribution in [0, 0.1) is 0 Å². The highest BCUT2D eigenvalue weighted by Gasteiger charge is 2.40. The first kappa shape index (κ1) is 20.4. The highest BCUT2D eigenvalue weighted by atomic mass is 32.1. The number of carboxylic acid groups (broad SMARTS) is 1. The van der Waals surface area contributed by atoms with Gasteiger partial charge in [0.1, 0.15) is 11.0 Å². The maximum absolute atomic E-state index is 12.0. The number of para-hydroxylation sites is 1. The number of thiazole rings is 1. The number of fused-ring (bicyclic) bond motifs is 1. The van der Waals surface area contributed by atoms with Crippen LogP contribution in [0.4, 0.5) is 0 Å². The first-order chi connectivity index (χ1) is 14.6. The predicted octanol–water partition coefficient (Wildman–Crippen LogP) is 3.96. The SMILES string of the molecule is COc1ccc(C(c2nc3ccccc3s2)N2CCCC2C(=O)O)c(OC)c1OC. The second-order valence-electron chi connectivity index (χ2n) is 7.08. The second-order valence-corrected chi connectivity index (χ2v) is 8.14. The van der Waals surface area contributed by atoms with Crippen molar-refractivity contribution in [2.45, 2.75) is 24.9 Å². The van der Waals surface area contributed by atoms with E-state index in [0.717, 1.165) is 27.2 Å². The van der Waals surface area contributed by atoms with Gasteiger partial charge in [0.05, 0.1) is 37.6 Å². The fraction of sp³-hybridized carbons (Fsp3) is 0.364. The lowest BCUT2D eigenvalue weighted by atomic mass is 10.0. The van der Waals surface area contributed by atoms with Crippen LogP contribution < -0.4 is 14.2 Å². The number of rotatable bonds is 7. The van der Waals surface area contributed by atoms with E-state index in [1.807, 2.05) is 41.3 Å². The molecule has 1 aliphatic rings. The van der Waals surface area contributed by atoms with Gasteiger partial charge < -0.3 is 19.3 Å². The lowest BCUT2D eigenvalue weighted by molar-refractivity contribution is -0.142. The molecule has 2 unspecified atom stereocenters. The number of ether oxygens (including phenoxy) is 3. The number of nitrogens with zero attached hydrogens (tertiary/aromatic N) is 2. The molecule has 4 rings (SSSR count). The Kier molecular flexibility index (Phi) is 5.78. The van der Waals surface area contributed by atoms with E-state index in [1.54, 1.807) is 32.7 Å². The van der Waals surface area contributed by atoms with Gasteiger partial charge in [-0.25, -0.2) is 4.98 Å². The summed E-state index contributed by atoms with van der Waals surface area (Å²) in [6.07, 6.45) is 1.42. The van der Waals surface area contributed by atoms with Crippen molar-refractivity contribution < 1.29 is 24.1 Å². The van der Waals surface area contributed by atoms with Crippen LogP contribution in [0.1, 0.15) is 29.5 Å². The molecule has 30 heavy (non-hydrogen) atoms. The largest absolute Gasteiger partial charge is 0.493 e. The third-order valence-electron chi connectivity index (χ3n) is 5.48. The summed E-state index contributed by atoms with van der Waals surface area (Å²) in [5.41, 5.74) is 1.70. The van der Waals surface area contributed by atoms with Gasteiger partial charge in [0.15, 0.2) is 11.5 Å². The Morgan fingerprint density at radius 2 is 1.90 bits per heavy atom. The molecule has 2 atom stereocenters. The van der Waals surface area contributed by atoms with E-state index in [-0.39, 0.29) is 6.04 Å². The van der Waals surface area contributed by atoms with Crippen LogP contribution in [-0.4, -0.2) is 54.9 Å². The van der Waals surface area contributed by atoms with E-state index < -0.39 is 12.0 Å². The molecule has 3 aromatic rings. The Labute approximate surface area is 178 Å². The average molecular weight is 429 g/mol. The van der Waals surface area contributed by atoms with E-state index in [1.165, 1.54) is 0 Å². The summed E-state index contributed by atoms with van der Waals surface area (Å²) in [6.45, 7) is 0.662. The number of aromatic nitrogens is 1. The van der Waals surface area contributed by atoms with E-state index >= 15 is 0 Å². The zero-order chi connectivity index (χ0) is 21.3. The minimum Gasteiger partial charge on any atom is -0.493 e. The van der Waals surface area contributed by atoms with Gasteiger partial charge in [-0.2, -0.15) is 0 Å². The van der Waals surface area contributed by atoms with Crippen molar-refractivity contribution in [2.24, 2.45) is 0 Å².